The van der Waals surface area contributed by atoms with Gasteiger partial charge in [-0.1, -0.05) is 11.6 Å². The van der Waals surface area contributed by atoms with Gasteiger partial charge in [-0.05, 0) is 0 Å². The summed E-state index contributed by atoms with van der Waals surface area (Å²) in [5.41, 5.74) is -2.44. The molecule has 0 aliphatic rings. The number of rotatable bonds is 1. The largest absolute Gasteiger partial charge is 0.436 e. The van der Waals surface area contributed by atoms with Crippen molar-refractivity contribution in [2.45, 2.75) is 12.4 Å². The monoisotopic (exact) mass is 408 g/mol. The van der Waals surface area contributed by atoms with Crippen molar-refractivity contribution in [2.24, 2.45) is 0 Å². The van der Waals surface area contributed by atoms with Gasteiger partial charge in [0, 0.05) is 0 Å². The van der Waals surface area contributed by atoms with E-state index < -0.39 is 63.2 Å². The zero-order valence-corrected chi connectivity index (χ0v) is 12.5. The van der Waals surface area contributed by atoms with E-state index in [0.717, 1.165) is 6.07 Å². The Kier molecular flexibility index (Phi) is 4.53. The molecule has 0 saturated heterocycles. The second-order valence-electron chi connectivity index (χ2n) is 4.61. The number of nitriles is 1. The topological polar surface area (TPSA) is 67.6 Å². The first-order chi connectivity index (χ1) is 11.7. The summed E-state index contributed by atoms with van der Waals surface area (Å²) >= 11 is 5.25. The molecule has 0 saturated carbocycles. The lowest BCUT2D eigenvalue weighted by molar-refractivity contribution is -0.143. The van der Waals surface area contributed by atoms with Crippen LogP contribution in [0.15, 0.2) is 0 Å². The lowest BCUT2D eigenvalue weighted by Crippen LogP contribution is -2.17. The van der Waals surface area contributed by atoms with Gasteiger partial charge in [0.2, 0.25) is 0 Å². The summed E-state index contributed by atoms with van der Waals surface area (Å²) in [6.07, 6.45) is -11.0. The van der Waals surface area contributed by atoms with Gasteiger partial charge < -0.3 is 5.73 Å². The van der Waals surface area contributed by atoms with Crippen molar-refractivity contribution in [3.8, 4) is 11.8 Å². The lowest BCUT2D eigenvalue weighted by atomic mass is 10.1. The maximum Gasteiger partial charge on any atom is 0.436 e. The fourth-order valence-electron chi connectivity index (χ4n) is 1.97. The minimum atomic E-state index is -5.69. The van der Waals surface area contributed by atoms with Crippen LogP contribution in [0.1, 0.15) is 16.8 Å². The Morgan fingerprint density at radius 2 is 1.50 bits per heavy atom. The number of alkyl halides is 6. The zero-order chi connectivity index (χ0) is 20.2. The van der Waals surface area contributed by atoms with E-state index in [1.54, 1.807) is 0 Å². The molecule has 1 heterocycles. The molecule has 0 aliphatic carbocycles. The minimum absolute atomic E-state index is 0.300. The van der Waals surface area contributed by atoms with Gasteiger partial charge in [-0.2, -0.15) is 36.7 Å². The molecule has 14 heteroatoms. The van der Waals surface area contributed by atoms with Crippen LogP contribution in [-0.2, 0) is 12.4 Å². The summed E-state index contributed by atoms with van der Waals surface area (Å²) in [6, 6.07) is 1.00. The number of nitrogens with zero attached hydrogens (tertiary/aromatic N) is 3. The standard InChI is InChI=1S/C12H2ClF9N4/c13-4-5(14)3(11(17,18)19)6(15)7(16)8(4)26-10(24)2(1-23)9(25-26)12(20,21)22/h24H2. The van der Waals surface area contributed by atoms with E-state index in [0.29, 0.717) is 0 Å². The third kappa shape index (κ3) is 2.90. The predicted octanol–water partition coefficient (Wildman–Crippen LogP) is 4.43. The molecule has 0 unspecified atom stereocenters. The second kappa shape index (κ2) is 5.97. The summed E-state index contributed by atoms with van der Waals surface area (Å²) in [6.45, 7) is 0. The molecule has 0 fully saturated rings. The van der Waals surface area contributed by atoms with Crippen molar-refractivity contribution in [3.05, 3.63) is 39.3 Å². The van der Waals surface area contributed by atoms with Gasteiger partial charge in [0.15, 0.2) is 23.1 Å². The van der Waals surface area contributed by atoms with Gasteiger partial charge in [-0.15, -0.1) is 0 Å². The second-order valence-corrected chi connectivity index (χ2v) is 4.99. The normalized spacial score (nSPS) is 12.3. The number of nitrogens with two attached hydrogens (primary N) is 1. The van der Waals surface area contributed by atoms with Crippen molar-refractivity contribution in [2.75, 3.05) is 5.73 Å². The van der Waals surface area contributed by atoms with Crippen LogP contribution in [0.25, 0.3) is 5.69 Å². The number of hydrogen-bond acceptors (Lipinski definition) is 3. The van der Waals surface area contributed by atoms with E-state index in [4.69, 9.17) is 22.6 Å². The Bertz CT molecular complexity index is 907. The van der Waals surface area contributed by atoms with E-state index >= 15 is 0 Å². The van der Waals surface area contributed by atoms with Gasteiger partial charge in [0.05, 0.1) is 0 Å². The Balaban J connectivity index is 2.93. The highest BCUT2D eigenvalue weighted by Crippen LogP contribution is 2.42. The molecule has 4 nitrogen and oxygen atoms in total. The Labute approximate surface area is 142 Å². The molecule has 0 aliphatic heterocycles. The number of nitrogen functional groups attached to an aromatic ring is 1. The van der Waals surface area contributed by atoms with Crippen LogP contribution in [0.2, 0.25) is 5.02 Å². The van der Waals surface area contributed by atoms with Crippen molar-refractivity contribution in [1.29, 1.82) is 5.26 Å². The van der Waals surface area contributed by atoms with E-state index in [1.807, 2.05) is 0 Å². The molecule has 26 heavy (non-hydrogen) atoms. The quantitative estimate of drug-likeness (QED) is 0.560. The molecule has 2 N–H and O–H groups in total. The maximum atomic E-state index is 14.0. The number of benzene rings is 1. The summed E-state index contributed by atoms with van der Waals surface area (Å²) in [5, 5.41) is 9.70. The number of hydrogen-bond donors (Lipinski definition) is 1. The fraction of sp³-hybridized carbons (Fsp3) is 0.167. The summed E-state index contributed by atoms with van der Waals surface area (Å²) in [7, 11) is 0. The third-order valence-corrected chi connectivity index (χ3v) is 3.38. The minimum Gasteiger partial charge on any atom is -0.382 e. The van der Waals surface area contributed by atoms with Gasteiger partial charge >= 0.3 is 12.4 Å². The first kappa shape index (κ1) is 19.7. The zero-order valence-electron chi connectivity index (χ0n) is 11.7. The number of anilines is 1. The highest BCUT2D eigenvalue weighted by Gasteiger charge is 2.44. The maximum absolute atomic E-state index is 14.0. The van der Waals surface area contributed by atoms with E-state index in [1.165, 1.54) is 0 Å². The Morgan fingerprint density at radius 3 is 1.88 bits per heavy atom. The van der Waals surface area contributed by atoms with Gasteiger partial charge in [-0.25, -0.2) is 17.9 Å². The molecule has 0 spiro atoms. The van der Waals surface area contributed by atoms with Crippen LogP contribution in [0.5, 0.6) is 0 Å². The molecule has 2 aromatic rings. The van der Waals surface area contributed by atoms with Crippen molar-refractivity contribution >= 4 is 17.4 Å². The average Bonchev–Trinajstić information content (AvgIpc) is 2.81. The summed E-state index contributed by atoms with van der Waals surface area (Å²) in [4.78, 5) is 0. The third-order valence-electron chi connectivity index (χ3n) is 3.04. The van der Waals surface area contributed by atoms with Crippen LogP contribution in [-0.4, -0.2) is 9.78 Å². The van der Waals surface area contributed by atoms with E-state index in [2.05, 4.69) is 5.10 Å². The summed E-state index contributed by atoms with van der Waals surface area (Å²) < 4.78 is 118. The molecule has 1 aromatic carbocycles. The van der Waals surface area contributed by atoms with Crippen molar-refractivity contribution < 1.29 is 39.5 Å². The molecule has 0 bridgehead atoms. The molecule has 0 amide bonds. The highest BCUT2D eigenvalue weighted by molar-refractivity contribution is 6.32. The van der Waals surface area contributed by atoms with Crippen LogP contribution < -0.4 is 5.73 Å². The van der Waals surface area contributed by atoms with Gasteiger partial charge in [0.25, 0.3) is 0 Å². The van der Waals surface area contributed by atoms with Crippen molar-refractivity contribution in [1.82, 2.24) is 9.78 Å². The lowest BCUT2D eigenvalue weighted by Gasteiger charge is -2.15. The SMILES string of the molecule is N#Cc1c(C(F)(F)F)nn(-c2c(F)c(F)c(C(F)(F)F)c(F)c2Cl)c1N. The predicted molar refractivity (Wildman–Crippen MR) is 67.6 cm³/mol. The molecule has 0 radical (unpaired) electrons. The molecular formula is C12H2ClF9N4. The molecule has 140 valence electrons. The van der Waals surface area contributed by atoms with E-state index in [-0.39, 0.29) is 4.68 Å². The van der Waals surface area contributed by atoms with E-state index in [9.17, 15) is 39.5 Å². The van der Waals surface area contributed by atoms with Gasteiger partial charge in [0.1, 0.15) is 33.7 Å². The fourth-order valence-corrected chi connectivity index (χ4v) is 2.22. The molecule has 2 rings (SSSR count). The van der Waals surface area contributed by atoms with Crippen LogP contribution >= 0.6 is 11.6 Å². The van der Waals surface area contributed by atoms with Crippen LogP contribution in [0, 0.1) is 28.8 Å². The first-order valence-corrected chi connectivity index (χ1v) is 6.40. The van der Waals surface area contributed by atoms with Crippen LogP contribution in [0.3, 0.4) is 0 Å². The highest BCUT2D eigenvalue weighted by atomic mass is 35.5. The smallest absolute Gasteiger partial charge is 0.382 e. The Morgan fingerprint density at radius 1 is 0.962 bits per heavy atom. The van der Waals surface area contributed by atoms with Crippen LogP contribution in [0.4, 0.5) is 45.3 Å². The van der Waals surface area contributed by atoms with Crippen molar-refractivity contribution in [3.63, 3.8) is 0 Å². The number of halogens is 10. The molecule has 1 aromatic heterocycles. The molecular weight excluding hydrogens is 407 g/mol. The molecule has 0 atom stereocenters. The Hall–Kier alpha value is -2.62. The number of aromatic nitrogens is 2. The summed E-state index contributed by atoms with van der Waals surface area (Å²) in [5.74, 6) is -8.96. The average molecular weight is 409 g/mol. The van der Waals surface area contributed by atoms with Gasteiger partial charge in [-0.3, -0.25) is 0 Å². The first-order valence-electron chi connectivity index (χ1n) is 6.02.